The molecule has 5 heteroatoms. The molecule has 0 atom stereocenters. The third-order valence-electron chi connectivity index (χ3n) is 2.29. The molecule has 0 aliphatic heterocycles. The largest absolute Gasteiger partial charge is 0.325 e. The number of carbonyl (C=O) groups excluding carboxylic acids is 1. The van der Waals surface area contributed by atoms with Gasteiger partial charge in [0.05, 0.1) is 17.7 Å². The number of amides is 1. The first-order chi connectivity index (χ1) is 8.69. The zero-order valence-electron chi connectivity index (χ0n) is 9.31. The number of nitriles is 1. The molecule has 0 aliphatic rings. The van der Waals surface area contributed by atoms with Gasteiger partial charge in [-0.15, -0.1) is 11.3 Å². The molecule has 1 aromatic heterocycles. The van der Waals surface area contributed by atoms with Crippen LogP contribution < -0.4 is 5.32 Å². The van der Waals surface area contributed by atoms with Gasteiger partial charge in [0, 0.05) is 9.35 Å². The number of benzene rings is 1. The minimum absolute atomic E-state index is 0.115. The van der Waals surface area contributed by atoms with Gasteiger partial charge >= 0.3 is 0 Å². The Bertz CT molecular complexity index is 602. The van der Waals surface area contributed by atoms with Crippen LogP contribution in [0.25, 0.3) is 0 Å². The van der Waals surface area contributed by atoms with Crippen LogP contribution in [0.1, 0.15) is 10.4 Å². The van der Waals surface area contributed by atoms with Crippen LogP contribution in [0.4, 0.5) is 5.69 Å². The normalized spacial score (nSPS) is 9.78. The van der Waals surface area contributed by atoms with Crippen molar-refractivity contribution in [2.24, 2.45) is 0 Å². The maximum Gasteiger partial charge on any atom is 0.229 e. The number of thiophene rings is 1. The SMILES string of the molecule is N#Cc1cc(Br)ccc1NC(=O)Cc1cccs1. The van der Waals surface area contributed by atoms with Gasteiger partial charge in [-0.3, -0.25) is 4.79 Å². The van der Waals surface area contributed by atoms with Gasteiger partial charge < -0.3 is 5.32 Å². The highest BCUT2D eigenvalue weighted by molar-refractivity contribution is 9.10. The second kappa shape index (κ2) is 5.80. The summed E-state index contributed by atoms with van der Waals surface area (Å²) >= 11 is 4.83. The second-order valence-corrected chi connectivity index (χ2v) is 5.55. The van der Waals surface area contributed by atoms with E-state index in [1.165, 1.54) is 0 Å². The van der Waals surface area contributed by atoms with Crippen LogP contribution >= 0.6 is 27.3 Å². The van der Waals surface area contributed by atoms with Crippen LogP contribution in [0.2, 0.25) is 0 Å². The molecule has 0 fully saturated rings. The lowest BCUT2D eigenvalue weighted by Gasteiger charge is -2.06. The van der Waals surface area contributed by atoms with Crippen LogP contribution in [-0.4, -0.2) is 5.91 Å². The summed E-state index contributed by atoms with van der Waals surface area (Å²) in [5.41, 5.74) is 0.992. The van der Waals surface area contributed by atoms with Crippen molar-refractivity contribution in [3.8, 4) is 6.07 Å². The van der Waals surface area contributed by atoms with E-state index in [2.05, 4.69) is 27.3 Å². The number of carbonyl (C=O) groups is 1. The Kier molecular flexibility index (Phi) is 4.13. The van der Waals surface area contributed by atoms with E-state index in [1.807, 2.05) is 17.5 Å². The maximum absolute atomic E-state index is 11.8. The standard InChI is InChI=1S/C13H9BrN2OS/c14-10-3-4-12(9(6-10)8-15)16-13(17)7-11-2-1-5-18-11/h1-6H,7H2,(H,16,17). The van der Waals surface area contributed by atoms with Gasteiger partial charge in [0.2, 0.25) is 5.91 Å². The highest BCUT2D eigenvalue weighted by atomic mass is 79.9. The molecule has 90 valence electrons. The summed E-state index contributed by atoms with van der Waals surface area (Å²) in [5.74, 6) is -0.115. The van der Waals surface area contributed by atoms with Crippen LogP contribution in [0.15, 0.2) is 40.2 Å². The molecule has 1 N–H and O–H groups in total. The molecule has 0 bridgehead atoms. The summed E-state index contributed by atoms with van der Waals surface area (Å²) in [4.78, 5) is 12.8. The molecule has 1 amide bonds. The van der Waals surface area contributed by atoms with Crippen molar-refractivity contribution in [1.82, 2.24) is 0 Å². The Balaban J connectivity index is 2.10. The second-order valence-electron chi connectivity index (χ2n) is 3.61. The van der Waals surface area contributed by atoms with Crippen molar-refractivity contribution in [3.63, 3.8) is 0 Å². The minimum atomic E-state index is -0.115. The third kappa shape index (κ3) is 3.19. The Morgan fingerprint density at radius 1 is 1.44 bits per heavy atom. The zero-order chi connectivity index (χ0) is 13.0. The van der Waals surface area contributed by atoms with E-state index in [4.69, 9.17) is 5.26 Å². The van der Waals surface area contributed by atoms with E-state index in [0.29, 0.717) is 17.7 Å². The summed E-state index contributed by atoms with van der Waals surface area (Å²) in [5, 5.41) is 13.7. The van der Waals surface area contributed by atoms with Gasteiger partial charge in [0.25, 0.3) is 0 Å². The van der Waals surface area contributed by atoms with Gasteiger partial charge in [-0.1, -0.05) is 22.0 Å². The summed E-state index contributed by atoms with van der Waals surface area (Å²) in [7, 11) is 0. The van der Waals surface area contributed by atoms with Crippen molar-refractivity contribution in [3.05, 3.63) is 50.6 Å². The summed E-state index contributed by atoms with van der Waals surface area (Å²) in [6, 6.07) is 11.1. The Morgan fingerprint density at radius 2 is 2.28 bits per heavy atom. The predicted molar refractivity (Wildman–Crippen MR) is 75.5 cm³/mol. The molecule has 0 spiro atoms. The topological polar surface area (TPSA) is 52.9 Å². The molecular weight excluding hydrogens is 312 g/mol. The number of hydrogen-bond donors (Lipinski definition) is 1. The first-order valence-corrected chi connectivity index (χ1v) is 6.88. The number of nitrogens with zero attached hydrogens (tertiary/aromatic N) is 1. The molecule has 0 saturated heterocycles. The molecule has 1 aromatic carbocycles. The average Bonchev–Trinajstić information content (AvgIpc) is 2.84. The number of anilines is 1. The Hall–Kier alpha value is -1.64. The van der Waals surface area contributed by atoms with Crippen molar-refractivity contribution < 1.29 is 4.79 Å². The van der Waals surface area contributed by atoms with Crippen LogP contribution in [-0.2, 0) is 11.2 Å². The van der Waals surface area contributed by atoms with Gasteiger partial charge in [-0.25, -0.2) is 0 Å². The molecule has 0 saturated carbocycles. The van der Waals surface area contributed by atoms with Gasteiger partial charge in [-0.2, -0.15) is 5.26 Å². The van der Waals surface area contributed by atoms with E-state index >= 15 is 0 Å². The van der Waals surface area contributed by atoms with Crippen molar-refractivity contribution in [1.29, 1.82) is 5.26 Å². The lowest BCUT2D eigenvalue weighted by molar-refractivity contribution is -0.115. The molecule has 18 heavy (non-hydrogen) atoms. The molecule has 2 rings (SSSR count). The fraction of sp³-hybridized carbons (Fsp3) is 0.0769. The smallest absolute Gasteiger partial charge is 0.229 e. The quantitative estimate of drug-likeness (QED) is 0.940. The van der Waals surface area contributed by atoms with E-state index in [0.717, 1.165) is 9.35 Å². The molecular formula is C13H9BrN2OS. The Morgan fingerprint density at radius 3 is 2.94 bits per heavy atom. The van der Waals surface area contributed by atoms with Crippen LogP contribution in [0.5, 0.6) is 0 Å². The number of nitrogens with one attached hydrogen (secondary N) is 1. The first-order valence-electron chi connectivity index (χ1n) is 5.21. The van der Waals surface area contributed by atoms with Gasteiger partial charge in [-0.05, 0) is 29.6 Å². The predicted octanol–water partition coefficient (Wildman–Crippen LogP) is 3.56. The van der Waals surface area contributed by atoms with Crippen molar-refractivity contribution in [2.75, 3.05) is 5.32 Å². The lowest BCUT2D eigenvalue weighted by atomic mass is 10.2. The van der Waals surface area contributed by atoms with Gasteiger partial charge in [0.15, 0.2) is 0 Å². The van der Waals surface area contributed by atoms with Crippen LogP contribution in [0.3, 0.4) is 0 Å². The molecule has 0 aliphatic carbocycles. The number of halogens is 1. The first kappa shape index (κ1) is 12.8. The summed E-state index contributed by atoms with van der Waals surface area (Å²) in [6.07, 6.45) is 0.332. The maximum atomic E-state index is 11.8. The molecule has 1 heterocycles. The average molecular weight is 321 g/mol. The summed E-state index contributed by atoms with van der Waals surface area (Å²) < 4.78 is 0.815. The molecule has 0 radical (unpaired) electrons. The fourth-order valence-corrected chi connectivity index (χ4v) is 2.55. The molecule has 0 unspecified atom stereocenters. The third-order valence-corrected chi connectivity index (χ3v) is 3.66. The van der Waals surface area contributed by atoms with Gasteiger partial charge in [0.1, 0.15) is 6.07 Å². The highest BCUT2D eigenvalue weighted by Crippen LogP contribution is 2.20. The highest BCUT2D eigenvalue weighted by Gasteiger charge is 2.08. The van der Waals surface area contributed by atoms with E-state index in [9.17, 15) is 4.79 Å². The Labute approximate surface area is 117 Å². The number of rotatable bonds is 3. The van der Waals surface area contributed by atoms with E-state index < -0.39 is 0 Å². The summed E-state index contributed by atoms with van der Waals surface area (Å²) in [6.45, 7) is 0. The molecule has 2 aromatic rings. The fourth-order valence-electron chi connectivity index (χ4n) is 1.48. The monoisotopic (exact) mass is 320 g/mol. The van der Waals surface area contributed by atoms with E-state index in [-0.39, 0.29) is 5.91 Å². The zero-order valence-corrected chi connectivity index (χ0v) is 11.7. The lowest BCUT2D eigenvalue weighted by Crippen LogP contribution is -2.14. The van der Waals surface area contributed by atoms with Crippen LogP contribution in [0, 0.1) is 11.3 Å². The number of hydrogen-bond acceptors (Lipinski definition) is 3. The van der Waals surface area contributed by atoms with Crippen molar-refractivity contribution >= 4 is 38.9 Å². The minimum Gasteiger partial charge on any atom is -0.325 e. The molecule has 3 nitrogen and oxygen atoms in total. The van der Waals surface area contributed by atoms with E-state index in [1.54, 1.807) is 29.5 Å². The van der Waals surface area contributed by atoms with Crippen molar-refractivity contribution in [2.45, 2.75) is 6.42 Å².